The first-order chi connectivity index (χ1) is 13.2. The summed E-state index contributed by atoms with van der Waals surface area (Å²) in [5.74, 6) is 1.17. The Morgan fingerprint density at radius 2 is 2.22 bits per heavy atom. The van der Waals surface area contributed by atoms with Gasteiger partial charge in [-0.05, 0) is 24.5 Å². The highest BCUT2D eigenvalue weighted by Crippen LogP contribution is 2.26. The fourth-order valence-electron chi connectivity index (χ4n) is 3.75. The van der Waals surface area contributed by atoms with Crippen molar-refractivity contribution in [3.8, 4) is 0 Å². The average molecular weight is 369 g/mol. The van der Waals surface area contributed by atoms with Gasteiger partial charge < -0.3 is 14.2 Å². The van der Waals surface area contributed by atoms with Gasteiger partial charge in [-0.25, -0.2) is 9.78 Å². The first kappa shape index (κ1) is 17.5. The third kappa shape index (κ3) is 3.94. The molecule has 0 bridgehead atoms. The van der Waals surface area contributed by atoms with E-state index in [1.54, 1.807) is 6.20 Å². The summed E-state index contributed by atoms with van der Waals surface area (Å²) < 4.78 is 7.04. The third-order valence-electron chi connectivity index (χ3n) is 5.13. The second-order valence-corrected chi connectivity index (χ2v) is 6.99. The molecule has 8 heteroatoms. The predicted molar refractivity (Wildman–Crippen MR) is 97.0 cm³/mol. The molecule has 2 aromatic rings. The van der Waals surface area contributed by atoms with Crippen LogP contribution < -0.4 is 0 Å². The molecular formula is C19H23N5O3. The largest absolute Gasteiger partial charge is 0.448 e. The summed E-state index contributed by atoms with van der Waals surface area (Å²) in [6, 6.07) is 3.97. The smallest absolute Gasteiger partial charge is 0.410 e. The van der Waals surface area contributed by atoms with Crippen LogP contribution in [0.25, 0.3) is 0 Å². The average Bonchev–Trinajstić information content (AvgIpc) is 3.32. The molecule has 2 saturated heterocycles. The molecule has 27 heavy (non-hydrogen) atoms. The van der Waals surface area contributed by atoms with Gasteiger partial charge in [-0.15, -0.1) is 0 Å². The second-order valence-electron chi connectivity index (χ2n) is 6.99. The normalized spacial score (nSPS) is 20.0. The quantitative estimate of drug-likeness (QED) is 0.798. The third-order valence-corrected chi connectivity index (χ3v) is 5.13. The molecule has 2 aromatic heterocycles. The number of nitrogens with zero attached hydrogens (tertiary/aromatic N) is 5. The minimum atomic E-state index is -0.399. The monoisotopic (exact) mass is 369 g/mol. The molecular weight excluding hydrogens is 346 g/mol. The summed E-state index contributed by atoms with van der Waals surface area (Å²) in [6.07, 6.45) is 8.94. The summed E-state index contributed by atoms with van der Waals surface area (Å²) >= 11 is 0. The number of rotatable bonds is 5. The van der Waals surface area contributed by atoms with Crippen molar-refractivity contribution in [1.82, 2.24) is 24.3 Å². The zero-order valence-corrected chi connectivity index (χ0v) is 15.2. The van der Waals surface area contributed by atoms with Crippen LogP contribution in [0.15, 0.2) is 36.9 Å². The lowest BCUT2D eigenvalue weighted by Gasteiger charge is -2.33. The van der Waals surface area contributed by atoms with Crippen LogP contribution in [0.3, 0.4) is 0 Å². The van der Waals surface area contributed by atoms with E-state index in [1.807, 2.05) is 35.6 Å². The molecule has 1 atom stereocenters. The van der Waals surface area contributed by atoms with E-state index in [2.05, 4.69) is 14.5 Å². The Balaban J connectivity index is 1.42. The molecule has 0 aliphatic carbocycles. The molecule has 0 radical (unpaired) electrons. The van der Waals surface area contributed by atoms with Gasteiger partial charge in [0.25, 0.3) is 0 Å². The summed E-state index contributed by atoms with van der Waals surface area (Å²) in [5, 5.41) is 0. The Bertz CT molecular complexity index is 807. The molecule has 2 aliphatic heterocycles. The number of ether oxygens (including phenoxy) is 1. The number of hydrogen-bond acceptors (Lipinski definition) is 5. The predicted octanol–water partition coefficient (Wildman–Crippen LogP) is 1.48. The van der Waals surface area contributed by atoms with Gasteiger partial charge in [-0.3, -0.25) is 14.7 Å². The minimum absolute atomic E-state index is 0.0242. The Hall–Kier alpha value is -2.90. The molecule has 2 amide bonds. The maximum atomic E-state index is 12.6. The molecule has 0 N–H and O–H groups in total. The molecule has 0 spiro atoms. The maximum Gasteiger partial charge on any atom is 0.410 e. The molecule has 2 fully saturated rings. The zero-order chi connectivity index (χ0) is 18.6. The summed E-state index contributed by atoms with van der Waals surface area (Å²) in [4.78, 5) is 36.3. The Morgan fingerprint density at radius 1 is 1.30 bits per heavy atom. The fourth-order valence-corrected chi connectivity index (χ4v) is 3.75. The van der Waals surface area contributed by atoms with Crippen LogP contribution in [0, 0.1) is 0 Å². The van der Waals surface area contributed by atoms with Crippen LogP contribution in [-0.2, 0) is 16.1 Å². The van der Waals surface area contributed by atoms with Crippen molar-refractivity contribution in [2.24, 2.45) is 0 Å². The van der Waals surface area contributed by atoms with Gasteiger partial charge in [0.1, 0.15) is 19.0 Å². The summed E-state index contributed by atoms with van der Waals surface area (Å²) in [6.45, 7) is 3.01. The lowest BCUT2D eigenvalue weighted by atomic mass is 9.97. The molecule has 0 saturated carbocycles. The fraction of sp³-hybridized carbons (Fsp3) is 0.474. The van der Waals surface area contributed by atoms with Crippen LogP contribution in [0.5, 0.6) is 0 Å². The highest BCUT2D eigenvalue weighted by Gasteiger charge is 2.30. The van der Waals surface area contributed by atoms with Gasteiger partial charge in [0.05, 0.1) is 13.1 Å². The van der Waals surface area contributed by atoms with E-state index in [0.29, 0.717) is 26.2 Å². The van der Waals surface area contributed by atoms with Gasteiger partial charge in [0.15, 0.2) is 0 Å². The van der Waals surface area contributed by atoms with Gasteiger partial charge in [0.2, 0.25) is 5.91 Å². The van der Waals surface area contributed by atoms with E-state index in [0.717, 1.165) is 30.8 Å². The number of aromatic nitrogens is 3. The van der Waals surface area contributed by atoms with E-state index in [1.165, 1.54) is 4.90 Å². The molecule has 2 aliphatic rings. The highest BCUT2D eigenvalue weighted by molar-refractivity contribution is 5.83. The number of carbonyl (C=O) groups excluding carboxylic acids is 2. The summed E-state index contributed by atoms with van der Waals surface area (Å²) in [7, 11) is 0. The van der Waals surface area contributed by atoms with E-state index >= 15 is 0 Å². The van der Waals surface area contributed by atoms with Crippen molar-refractivity contribution < 1.29 is 14.3 Å². The van der Waals surface area contributed by atoms with Crippen molar-refractivity contribution >= 4 is 12.0 Å². The molecule has 4 heterocycles. The number of piperidine rings is 1. The lowest BCUT2D eigenvalue weighted by molar-refractivity contribution is -0.133. The molecule has 8 nitrogen and oxygen atoms in total. The molecule has 0 aromatic carbocycles. The van der Waals surface area contributed by atoms with E-state index in [4.69, 9.17) is 4.74 Å². The second kappa shape index (κ2) is 7.77. The van der Waals surface area contributed by atoms with Crippen molar-refractivity contribution in [1.29, 1.82) is 0 Å². The standard InChI is InChI=1S/C19H23N5O3/c25-17(14-24-9-10-27-19(24)26)22-7-2-4-16(13-22)18-21-6-8-23(18)12-15-3-1-5-20-11-15/h1,3,5-6,8,11,16H,2,4,7,9-10,12-14H2/t16-/m0/s1. The van der Waals surface area contributed by atoms with Gasteiger partial charge >= 0.3 is 6.09 Å². The van der Waals surface area contributed by atoms with Crippen LogP contribution in [-0.4, -0.2) is 69.1 Å². The lowest BCUT2D eigenvalue weighted by Crippen LogP contribution is -2.45. The minimum Gasteiger partial charge on any atom is -0.448 e. The topological polar surface area (TPSA) is 80.6 Å². The maximum absolute atomic E-state index is 12.6. The number of pyridine rings is 1. The highest BCUT2D eigenvalue weighted by atomic mass is 16.6. The summed E-state index contributed by atoms with van der Waals surface area (Å²) in [5.41, 5.74) is 1.12. The Kier molecular flexibility index (Phi) is 5.04. The molecule has 0 unspecified atom stereocenters. The van der Waals surface area contributed by atoms with Gasteiger partial charge in [-0.2, -0.15) is 0 Å². The number of cyclic esters (lactones) is 1. The van der Waals surface area contributed by atoms with Crippen molar-refractivity contribution in [3.63, 3.8) is 0 Å². The van der Waals surface area contributed by atoms with E-state index in [-0.39, 0.29) is 18.4 Å². The van der Waals surface area contributed by atoms with Crippen molar-refractivity contribution in [3.05, 3.63) is 48.3 Å². The van der Waals surface area contributed by atoms with Crippen molar-refractivity contribution in [2.75, 3.05) is 32.8 Å². The van der Waals surface area contributed by atoms with Crippen LogP contribution in [0.1, 0.15) is 30.1 Å². The first-order valence-electron chi connectivity index (χ1n) is 9.30. The van der Waals surface area contributed by atoms with Crippen LogP contribution in [0.4, 0.5) is 4.79 Å². The molecule has 142 valence electrons. The van der Waals surface area contributed by atoms with E-state index < -0.39 is 6.09 Å². The van der Waals surface area contributed by atoms with Gasteiger partial charge in [-0.1, -0.05) is 6.07 Å². The SMILES string of the molecule is O=C(CN1CCOC1=O)N1CCC[C@H](c2nccn2Cc2cccnc2)C1. The Labute approximate surface area is 157 Å². The van der Waals surface area contributed by atoms with E-state index in [9.17, 15) is 9.59 Å². The number of likely N-dealkylation sites (tertiary alicyclic amines) is 1. The molecule has 4 rings (SSSR count). The number of hydrogen-bond donors (Lipinski definition) is 0. The Morgan fingerprint density at radius 3 is 3.00 bits per heavy atom. The number of imidazole rings is 1. The van der Waals surface area contributed by atoms with Gasteiger partial charge in [0, 0.05) is 43.8 Å². The first-order valence-corrected chi connectivity index (χ1v) is 9.30. The van der Waals surface area contributed by atoms with Crippen LogP contribution >= 0.6 is 0 Å². The number of amides is 2. The van der Waals surface area contributed by atoms with Crippen LogP contribution in [0.2, 0.25) is 0 Å². The zero-order valence-electron chi connectivity index (χ0n) is 15.2. The van der Waals surface area contributed by atoms with Crippen molar-refractivity contribution in [2.45, 2.75) is 25.3 Å². The number of carbonyl (C=O) groups is 2.